The Morgan fingerprint density at radius 1 is 1.47 bits per heavy atom. The van der Waals surface area contributed by atoms with Crippen molar-refractivity contribution in [1.82, 2.24) is 5.32 Å². The molecule has 1 atom stereocenters. The number of carbonyl (C=O) groups is 1. The molecule has 1 amide bonds. The lowest BCUT2D eigenvalue weighted by Crippen LogP contribution is -2.34. The van der Waals surface area contributed by atoms with Gasteiger partial charge in [0.15, 0.2) is 0 Å². The first-order valence-electron chi connectivity index (χ1n) is 5.57. The molecule has 0 aliphatic heterocycles. The summed E-state index contributed by atoms with van der Waals surface area (Å²) in [5, 5.41) is 12.1. The Morgan fingerprint density at radius 2 is 2.18 bits per heavy atom. The Bertz CT molecular complexity index is 390. The van der Waals surface area contributed by atoms with Crippen LogP contribution in [0.15, 0.2) is 18.2 Å². The molecule has 1 rings (SSSR count). The molecule has 0 radical (unpaired) electrons. The summed E-state index contributed by atoms with van der Waals surface area (Å²) in [6, 6.07) is 5.65. The quantitative estimate of drug-likeness (QED) is 0.804. The maximum absolute atomic E-state index is 11.8. The van der Waals surface area contributed by atoms with Crippen molar-refractivity contribution < 1.29 is 14.6 Å². The molecule has 1 unspecified atom stereocenters. The first-order chi connectivity index (χ1) is 8.04. The van der Waals surface area contributed by atoms with Gasteiger partial charge in [-0.2, -0.15) is 0 Å². The Balaban J connectivity index is 2.58. The van der Waals surface area contributed by atoms with Crippen molar-refractivity contribution in [2.75, 3.05) is 20.3 Å². The predicted molar refractivity (Wildman–Crippen MR) is 66.1 cm³/mol. The van der Waals surface area contributed by atoms with Crippen molar-refractivity contribution in [3.05, 3.63) is 34.9 Å². The number of aliphatic hydroxyl groups is 1. The molecule has 17 heavy (non-hydrogen) atoms. The smallest absolute Gasteiger partial charge is 0.251 e. The van der Waals surface area contributed by atoms with Gasteiger partial charge in [0, 0.05) is 19.2 Å². The molecule has 4 heteroatoms. The number of rotatable bonds is 5. The molecule has 0 aromatic heterocycles. The monoisotopic (exact) mass is 237 g/mol. The van der Waals surface area contributed by atoms with Crippen LogP contribution in [-0.2, 0) is 4.74 Å². The fraction of sp³-hybridized carbons (Fsp3) is 0.462. The molecule has 94 valence electrons. The molecule has 0 bridgehead atoms. The molecule has 4 nitrogen and oxygen atoms in total. The number of ether oxygens (including phenoxy) is 1. The lowest BCUT2D eigenvalue weighted by atomic mass is 10.1. The number of nitrogens with one attached hydrogen (secondary N) is 1. The summed E-state index contributed by atoms with van der Waals surface area (Å²) >= 11 is 0. The maximum Gasteiger partial charge on any atom is 0.251 e. The second-order valence-electron chi connectivity index (χ2n) is 4.14. The number of methoxy groups -OCH3 is 1. The normalized spacial score (nSPS) is 12.2. The van der Waals surface area contributed by atoms with E-state index in [4.69, 9.17) is 4.74 Å². The Morgan fingerprint density at radius 3 is 2.76 bits per heavy atom. The van der Waals surface area contributed by atoms with Crippen LogP contribution in [0.25, 0.3) is 0 Å². The van der Waals surface area contributed by atoms with E-state index in [0.29, 0.717) is 5.56 Å². The van der Waals surface area contributed by atoms with E-state index in [1.54, 1.807) is 6.07 Å². The highest BCUT2D eigenvalue weighted by molar-refractivity contribution is 5.95. The third-order valence-electron chi connectivity index (χ3n) is 2.48. The SMILES string of the molecule is COCC(O)CNC(=O)c1ccc(C)cc1C. The van der Waals surface area contributed by atoms with Gasteiger partial charge in [-0.05, 0) is 25.5 Å². The standard InChI is InChI=1S/C13H19NO3/c1-9-4-5-12(10(2)6-9)13(16)14-7-11(15)8-17-3/h4-6,11,15H,7-8H2,1-3H3,(H,14,16). The van der Waals surface area contributed by atoms with Gasteiger partial charge < -0.3 is 15.2 Å². The second-order valence-corrected chi connectivity index (χ2v) is 4.14. The van der Waals surface area contributed by atoms with Crippen molar-refractivity contribution in [3.63, 3.8) is 0 Å². The van der Waals surface area contributed by atoms with Crippen molar-refractivity contribution in [3.8, 4) is 0 Å². The van der Waals surface area contributed by atoms with Crippen LogP contribution in [0.5, 0.6) is 0 Å². The summed E-state index contributed by atoms with van der Waals surface area (Å²) in [5.41, 5.74) is 2.70. The fourth-order valence-electron chi connectivity index (χ4n) is 1.63. The molecule has 0 saturated carbocycles. The number of amides is 1. The molecule has 0 aliphatic rings. The van der Waals surface area contributed by atoms with E-state index in [-0.39, 0.29) is 19.1 Å². The zero-order valence-corrected chi connectivity index (χ0v) is 10.5. The van der Waals surface area contributed by atoms with Crippen LogP contribution in [0, 0.1) is 13.8 Å². The zero-order valence-electron chi connectivity index (χ0n) is 10.5. The topological polar surface area (TPSA) is 58.6 Å². The van der Waals surface area contributed by atoms with Gasteiger partial charge in [0.25, 0.3) is 5.91 Å². The van der Waals surface area contributed by atoms with Gasteiger partial charge in [0.05, 0.1) is 12.7 Å². The molecular weight excluding hydrogens is 218 g/mol. The Kier molecular flexibility index (Phi) is 5.12. The van der Waals surface area contributed by atoms with E-state index >= 15 is 0 Å². The van der Waals surface area contributed by atoms with Crippen LogP contribution in [0.2, 0.25) is 0 Å². The lowest BCUT2D eigenvalue weighted by molar-refractivity contribution is 0.0609. The fourth-order valence-corrected chi connectivity index (χ4v) is 1.63. The molecule has 0 saturated heterocycles. The molecular formula is C13H19NO3. The van der Waals surface area contributed by atoms with Gasteiger partial charge in [-0.1, -0.05) is 17.7 Å². The summed E-state index contributed by atoms with van der Waals surface area (Å²) in [6.45, 7) is 4.29. The lowest BCUT2D eigenvalue weighted by Gasteiger charge is -2.12. The zero-order chi connectivity index (χ0) is 12.8. The average molecular weight is 237 g/mol. The number of carbonyl (C=O) groups excluding carboxylic acids is 1. The van der Waals surface area contributed by atoms with Gasteiger partial charge in [-0.25, -0.2) is 0 Å². The largest absolute Gasteiger partial charge is 0.389 e. The van der Waals surface area contributed by atoms with Gasteiger partial charge in [-0.3, -0.25) is 4.79 Å². The van der Waals surface area contributed by atoms with Gasteiger partial charge in [0.1, 0.15) is 0 Å². The predicted octanol–water partition coefficient (Wildman–Crippen LogP) is 1.04. The van der Waals surface area contributed by atoms with Crippen molar-refractivity contribution in [2.24, 2.45) is 0 Å². The molecule has 0 heterocycles. The summed E-state index contributed by atoms with van der Waals surface area (Å²) in [5.74, 6) is -0.169. The molecule has 1 aromatic rings. The minimum atomic E-state index is -0.672. The summed E-state index contributed by atoms with van der Waals surface area (Å²) in [6.07, 6.45) is -0.672. The van der Waals surface area contributed by atoms with Crippen molar-refractivity contribution in [1.29, 1.82) is 0 Å². The maximum atomic E-state index is 11.8. The minimum absolute atomic E-state index is 0.169. The van der Waals surface area contributed by atoms with Gasteiger partial charge >= 0.3 is 0 Å². The van der Waals surface area contributed by atoms with Crippen LogP contribution >= 0.6 is 0 Å². The van der Waals surface area contributed by atoms with Crippen LogP contribution in [0.3, 0.4) is 0 Å². The molecule has 1 aromatic carbocycles. The molecule has 0 spiro atoms. The van der Waals surface area contributed by atoms with E-state index in [1.165, 1.54) is 7.11 Å². The van der Waals surface area contributed by atoms with Gasteiger partial charge in [0.2, 0.25) is 0 Å². The number of benzene rings is 1. The number of aliphatic hydroxyl groups excluding tert-OH is 1. The van der Waals surface area contributed by atoms with Crippen LogP contribution in [0.4, 0.5) is 0 Å². The summed E-state index contributed by atoms with van der Waals surface area (Å²) < 4.78 is 4.78. The highest BCUT2D eigenvalue weighted by atomic mass is 16.5. The van der Waals surface area contributed by atoms with E-state index in [0.717, 1.165) is 11.1 Å². The third-order valence-corrected chi connectivity index (χ3v) is 2.48. The number of hydrogen-bond donors (Lipinski definition) is 2. The van der Waals surface area contributed by atoms with Crippen LogP contribution in [0.1, 0.15) is 21.5 Å². The van der Waals surface area contributed by atoms with E-state index in [1.807, 2.05) is 26.0 Å². The summed E-state index contributed by atoms with van der Waals surface area (Å²) in [7, 11) is 1.51. The van der Waals surface area contributed by atoms with Crippen LogP contribution in [-0.4, -0.2) is 37.4 Å². The molecule has 2 N–H and O–H groups in total. The Hall–Kier alpha value is -1.39. The first-order valence-corrected chi connectivity index (χ1v) is 5.57. The minimum Gasteiger partial charge on any atom is -0.389 e. The average Bonchev–Trinajstić information content (AvgIpc) is 2.26. The summed E-state index contributed by atoms with van der Waals surface area (Å²) in [4.78, 5) is 11.8. The Labute approximate surface area is 102 Å². The highest BCUT2D eigenvalue weighted by Gasteiger charge is 2.10. The van der Waals surface area contributed by atoms with Gasteiger partial charge in [-0.15, -0.1) is 0 Å². The van der Waals surface area contributed by atoms with E-state index in [2.05, 4.69) is 5.32 Å². The van der Waals surface area contributed by atoms with E-state index < -0.39 is 6.10 Å². The third kappa shape index (κ3) is 4.17. The van der Waals surface area contributed by atoms with Crippen LogP contribution < -0.4 is 5.32 Å². The second kappa shape index (κ2) is 6.37. The van der Waals surface area contributed by atoms with Crippen molar-refractivity contribution >= 4 is 5.91 Å². The molecule has 0 aliphatic carbocycles. The number of hydrogen-bond acceptors (Lipinski definition) is 3. The molecule has 0 fully saturated rings. The highest BCUT2D eigenvalue weighted by Crippen LogP contribution is 2.10. The van der Waals surface area contributed by atoms with Crippen molar-refractivity contribution in [2.45, 2.75) is 20.0 Å². The van der Waals surface area contributed by atoms with E-state index in [9.17, 15) is 9.90 Å². The number of aryl methyl sites for hydroxylation is 2. The first kappa shape index (κ1) is 13.7.